The van der Waals surface area contributed by atoms with Crippen molar-refractivity contribution in [2.75, 3.05) is 38.3 Å². The SMILES string of the molecule is CN(C)C(=O)CN(C)c1nc(Cl)ncc1N. The highest BCUT2D eigenvalue weighted by atomic mass is 35.5. The first-order valence-electron chi connectivity index (χ1n) is 4.61. The number of nitrogens with two attached hydrogens (primary N) is 1. The number of aromatic nitrogens is 2. The van der Waals surface area contributed by atoms with Crippen LogP contribution in [0.1, 0.15) is 0 Å². The van der Waals surface area contributed by atoms with Crippen LogP contribution in [0.15, 0.2) is 6.20 Å². The van der Waals surface area contributed by atoms with E-state index >= 15 is 0 Å². The van der Waals surface area contributed by atoms with E-state index in [1.54, 1.807) is 26.0 Å². The maximum Gasteiger partial charge on any atom is 0.241 e. The molecule has 0 saturated heterocycles. The largest absolute Gasteiger partial charge is 0.394 e. The number of carbonyl (C=O) groups is 1. The van der Waals surface area contributed by atoms with Gasteiger partial charge in [0.2, 0.25) is 11.2 Å². The van der Waals surface area contributed by atoms with Gasteiger partial charge in [-0.15, -0.1) is 0 Å². The number of halogens is 1. The number of hydrogen-bond donors (Lipinski definition) is 1. The van der Waals surface area contributed by atoms with Gasteiger partial charge in [-0.2, -0.15) is 4.98 Å². The Morgan fingerprint density at radius 3 is 2.69 bits per heavy atom. The van der Waals surface area contributed by atoms with Gasteiger partial charge in [0, 0.05) is 21.1 Å². The van der Waals surface area contributed by atoms with Gasteiger partial charge in [0.05, 0.1) is 18.4 Å². The van der Waals surface area contributed by atoms with Gasteiger partial charge in [0.1, 0.15) is 0 Å². The Balaban J connectivity index is 2.84. The molecule has 1 aromatic heterocycles. The van der Waals surface area contributed by atoms with Gasteiger partial charge < -0.3 is 15.5 Å². The third-order valence-electron chi connectivity index (χ3n) is 2.00. The summed E-state index contributed by atoms with van der Waals surface area (Å²) in [6.45, 7) is 0.185. The van der Waals surface area contributed by atoms with E-state index in [9.17, 15) is 4.79 Å². The van der Waals surface area contributed by atoms with Crippen molar-refractivity contribution in [3.63, 3.8) is 0 Å². The van der Waals surface area contributed by atoms with Gasteiger partial charge in [-0.1, -0.05) is 0 Å². The van der Waals surface area contributed by atoms with Gasteiger partial charge in [-0.25, -0.2) is 4.98 Å². The van der Waals surface area contributed by atoms with E-state index in [2.05, 4.69) is 9.97 Å². The molecule has 1 aromatic rings. The fraction of sp³-hybridized carbons (Fsp3) is 0.444. The first-order valence-corrected chi connectivity index (χ1v) is 4.99. The molecule has 0 radical (unpaired) electrons. The molecule has 7 heteroatoms. The van der Waals surface area contributed by atoms with Crippen molar-refractivity contribution < 1.29 is 4.79 Å². The number of likely N-dealkylation sites (N-methyl/N-ethyl adjacent to an activating group) is 2. The molecule has 6 nitrogen and oxygen atoms in total. The number of nitrogens with zero attached hydrogens (tertiary/aromatic N) is 4. The van der Waals surface area contributed by atoms with Crippen LogP contribution in [0.3, 0.4) is 0 Å². The highest BCUT2D eigenvalue weighted by molar-refractivity contribution is 6.28. The van der Waals surface area contributed by atoms with Crippen LogP contribution in [-0.2, 0) is 4.79 Å². The third kappa shape index (κ3) is 2.96. The summed E-state index contributed by atoms with van der Waals surface area (Å²) in [6, 6.07) is 0. The lowest BCUT2D eigenvalue weighted by molar-refractivity contribution is -0.127. The molecule has 0 aromatic carbocycles. The highest BCUT2D eigenvalue weighted by Gasteiger charge is 2.13. The van der Waals surface area contributed by atoms with Crippen LogP contribution >= 0.6 is 11.6 Å². The Morgan fingerprint density at radius 1 is 1.50 bits per heavy atom. The van der Waals surface area contributed by atoms with Crippen LogP contribution < -0.4 is 10.6 Å². The van der Waals surface area contributed by atoms with Gasteiger partial charge in [-0.05, 0) is 11.6 Å². The zero-order valence-corrected chi connectivity index (χ0v) is 10.2. The van der Waals surface area contributed by atoms with E-state index in [1.807, 2.05) is 0 Å². The smallest absolute Gasteiger partial charge is 0.241 e. The Bertz CT molecular complexity index is 395. The predicted octanol–water partition coefficient (Wildman–Crippen LogP) is 0.237. The van der Waals surface area contributed by atoms with E-state index in [1.165, 1.54) is 11.1 Å². The second-order valence-electron chi connectivity index (χ2n) is 3.56. The summed E-state index contributed by atoms with van der Waals surface area (Å²) in [5, 5.41) is 0.105. The van der Waals surface area contributed by atoms with Gasteiger partial charge in [0.15, 0.2) is 5.82 Å². The van der Waals surface area contributed by atoms with Crippen LogP contribution in [0.2, 0.25) is 5.28 Å². The van der Waals surface area contributed by atoms with Crippen LogP contribution in [0, 0.1) is 0 Å². The summed E-state index contributed by atoms with van der Waals surface area (Å²) >= 11 is 5.66. The minimum absolute atomic E-state index is 0.0448. The molecule has 1 heterocycles. The third-order valence-corrected chi connectivity index (χ3v) is 2.18. The highest BCUT2D eigenvalue weighted by Crippen LogP contribution is 2.19. The molecule has 0 atom stereocenters. The maximum atomic E-state index is 11.5. The summed E-state index contributed by atoms with van der Waals surface area (Å²) < 4.78 is 0. The van der Waals surface area contributed by atoms with Gasteiger partial charge >= 0.3 is 0 Å². The van der Waals surface area contributed by atoms with Gasteiger partial charge in [0.25, 0.3) is 0 Å². The number of rotatable bonds is 3. The Morgan fingerprint density at radius 2 is 2.12 bits per heavy atom. The van der Waals surface area contributed by atoms with Crippen molar-refractivity contribution >= 4 is 29.0 Å². The summed E-state index contributed by atoms with van der Waals surface area (Å²) in [4.78, 5) is 22.3. The molecule has 1 amide bonds. The number of amides is 1. The van der Waals surface area contributed by atoms with Crippen molar-refractivity contribution in [2.45, 2.75) is 0 Å². The zero-order chi connectivity index (χ0) is 12.3. The monoisotopic (exact) mass is 243 g/mol. The van der Waals surface area contributed by atoms with Crippen molar-refractivity contribution in [1.82, 2.24) is 14.9 Å². The summed E-state index contributed by atoms with van der Waals surface area (Å²) in [5.41, 5.74) is 6.08. The second-order valence-corrected chi connectivity index (χ2v) is 3.90. The predicted molar refractivity (Wildman–Crippen MR) is 63.4 cm³/mol. The first-order chi connectivity index (χ1) is 7.41. The molecule has 0 aliphatic carbocycles. The average molecular weight is 244 g/mol. The fourth-order valence-corrected chi connectivity index (χ4v) is 1.22. The number of hydrogen-bond acceptors (Lipinski definition) is 5. The van der Waals surface area contributed by atoms with Gasteiger partial charge in [-0.3, -0.25) is 4.79 Å². The van der Waals surface area contributed by atoms with E-state index < -0.39 is 0 Å². The average Bonchev–Trinajstić information content (AvgIpc) is 2.21. The Hall–Kier alpha value is -1.56. The normalized spacial score (nSPS) is 10.0. The molecule has 0 aliphatic rings. The number of anilines is 2. The number of carbonyl (C=O) groups excluding carboxylic acids is 1. The molecular formula is C9H14ClN5O. The maximum absolute atomic E-state index is 11.5. The minimum atomic E-state index is -0.0448. The van der Waals surface area contributed by atoms with Crippen molar-refractivity contribution in [1.29, 1.82) is 0 Å². The lowest BCUT2D eigenvalue weighted by Gasteiger charge is -2.21. The molecule has 0 spiro atoms. The molecule has 16 heavy (non-hydrogen) atoms. The summed E-state index contributed by atoms with van der Waals surface area (Å²) in [6.07, 6.45) is 1.42. The Kier molecular flexibility index (Phi) is 3.89. The van der Waals surface area contributed by atoms with E-state index in [4.69, 9.17) is 17.3 Å². The lowest BCUT2D eigenvalue weighted by atomic mass is 10.4. The Labute approximate surface area is 99.0 Å². The number of nitrogen functional groups attached to an aromatic ring is 1. The molecule has 0 saturated carbocycles. The first kappa shape index (κ1) is 12.5. The molecule has 0 bridgehead atoms. The lowest BCUT2D eigenvalue weighted by Crippen LogP contribution is -2.35. The molecule has 1 rings (SSSR count). The van der Waals surface area contributed by atoms with Crippen LogP contribution in [0.4, 0.5) is 11.5 Å². The molecule has 0 fully saturated rings. The van der Waals surface area contributed by atoms with Crippen LogP contribution in [0.5, 0.6) is 0 Å². The second kappa shape index (κ2) is 4.98. The quantitative estimate of drug-likeness (QED) is 0.770. The molecular weight excluding hydrogens is 230 g/mol. The molecule has 0 unspecified atom stereocenters. The van der Waals surface area contributed by atoms with Crippen molar-refractivity contribution in [3.8, 4) is 0 Å². The van der Waals surface area contributed by atoms with Crippen LogP contribution in [-0.4, -0.2) is 48.5 Å². The molecule has 88 valence electrons. The van der Waals surface area contributed by atoms with E-state index in [0.717, 1.165) is 0 Å². The van der Waals surface area contributed by atoms with Crippen molar-refractivity contribution in [2.24, 2.45) is 0 Å². The topological polar surface area (TPSA) is 75.4 Å². The van der Waals surface area contributed by atoms with E-state index in [-0.39, 0.29) is 17.7 Å². The van der Waals surface area contributed by atoms with Crippen molar-refractivity contribution in [3.05, 3.63) is 11.5 Å². The van der Waals surface area contributed by atoms with Crippen LogP contribution in [0.25, 0.3) is 0 Å². The molecule has 2 N–H and O–H groups in total. The van der Waals surface area contributed by atoms with E-state index in [0.29, 0.717) is 11.5 Å². The zero-order valence-electron chi connectivity index (χ0n) is 9.44. The fourth-order valence-electron chi connectivity index (χ4n) is 1.09. The standard InChI is InChI=1S/C9H14ClN5O/c1-14(2)7(16)5-15(3)8-6(11)4-12-9(10)13-8/h4H,5,11H2,1-3H3. The minimum Gasteiger partial charge on any atom is -0.394 e. The summed E-state index contributed by atoms with van der Waals surface area (Å²) in [5.74, 6) is 0.409. The molecule has 0 aliphatic heterocycles. The summed E-state index contributed by atoms with van der Waals surface area (Å²) in [7, 11) is 5.09.